The number of carbonyl (C=O) groups is 2. The Morgan fingerprint density at radius 2 is 1.95 bits per heavy atom. The number of nitrogens with two attached hydrogens (primary N) is 1. The van der Waals surface area contributed by atoms with Crippen LogP contribution in [0, 0.1) is 5.92 Å². The summed E-state index contributed by atoms with van der Waals surface area (Å²) in [6.07, 6.45) is 5.89. The fourth-order valence-corrected chi connectivity index (χ4v) is 2.42. The number of hydrogen-bond acceptors (Lipinski definition) is 3. The van der Waals surface area contributed by atoms with Gasteiger partial charge in [0.1, 0.15) is 0 Å². The second kappa shape index (κ2) is 6.19. The van der Waals surface area contributed by atoms with Gasteiger partial charge in [0.2, 0.25) is 11.8 Å². The van der Waals surface area contributed by atoms with Crippen molar-refractivity contribution in [3.63, 3.8) is 0 Å². The van der Waals surface area contributed by atoms with Gasteiger partial charge >= 0.3 is 0 Å². The number of nitrogens with zero attached hydrogens (tertiary/aromatic N) is 1. The fraction of sp³-hybridized carbons (Fsp3) is 0.714. The van der Waals surface area contributed by atoms with Crippen molar-refractivity contribution in [3.8, 4) is 0 Å². The normalized spacial score (nSPS) is 21.8. The van der Waals surface area contributed by atoms with E-state index >= 15 is 0 Å². The first-order chi connectivity index (χ1) is 9.11. The number of carbonyl (C=O) groups excluding carboxylic acids is 2. The molecule has 1 aliphatic carbocycles. The SMILES string of the molecule is C=CCC(N)C(=O)N1CCC(NC(=O)C2CC2)CC1. The third-order valence-corrected chi connectivity index (χ3v) is 3.84. The first-order valence-electron chi connectivity index (χ1n) is 7.07. The van der Waals surface area contributed by atoms with Crippen LogP contribution >= 0.6 is 0 Å². The molecule has 0 aromatic carbocycles. The van der Waals surface area contributed by atoms with Gasteiger partial charge in [-0.2, -0.15) is 0 Å². The molecular formula is C14H23N3O2. The Morgan fingerprint density at radius 1 is 1.32 bits per heavy atom. The Balaban J connectivity index is 1.73. The van der Waals surface area contributed by atoms with Crippen molar-refractivity contribution < 1.29 is 9.59 Å². The van der Waals surface area contributed by atoms with Gasteiger partial charge in [0.15, 0.2) is 0 Å². The molecule has 2 amide bonds. The average molecular weight is 265 g/mol. The molecule has 0 radical (unpaired) electrons. The number of hydrogen-bond donors (Lipinski definition) is 2. The molecule has 3 N–H and O–H groups in total. The maximum absolute atomic E-state index is 12.0. The van der Waals surface area contributed by atoms with Crippen molar-refractivity contribution in [3.05, 3.63) is 12.7 Å². The average Bonchev–Trinajstić information content (AvgIpc) is 3.23. The number of rotatable bonds is 5. The predicted octanol–water partition coefficient (Wildman–Crippen LogP) is 0.407. The molecule has 5 heteroatoms. The predicted molar refractivity (Wildman–Crippen MR) is 73.3 cm³/mol. The molecule has 1 unspecified atom stereocenters. The zero-order valence-corrected chi connectivity index (χ0v) is 11.3. The van der Waals surface area contributed by atoms with Gasteiger partial charge in [-0.15, -0.1) is 6.58 Å². The van der Waals surface area contributed by atoms with Crippen LogP contribution in [0.1, 0.15) is 32.1 Å². The Bertz CT molecular complexity index is 358. The number of likely N-dealkylation sites (tertiary alicyclic amines) is 1. The molecule has 1 saturated carbocycles. The zero-order chi connectivity index (χ0) is 13.8. The summed E-state index contributed by atoms with van der Waals surface area (Å²) in [7, 11) is 0. The minimum atomic E-state index is -0.477. The Hall–Kier alpha value is -1.36. The topological polar surface area (TPSA) is 75.4 Å². The number of piperidine rings is 1. The molecule has 0 aromatic rings. The summed E-state index contributed by atoms with van der Waals surface area (Å²) >= 11 is 0. The van der Waals surface area contributed by atoms with Crippen LogP contribution in [0.5, 0.6) is 0 Å². The van der Waals surface area contributed by atoms with Crippen molar-refractivity contribution in [2.75, 3.05) is 13.1 Å². The molecule has 2 rings (SSSR count). The lowest BCUT2D eigenvalue weighted by molar-refractivity contribution is -0.133. The summed E-state index contributed by atoms with van der Waals surface area (Å²) in [5.41, 5.74) is 5.79. The van der Waals surface area contributed by atoms with Crippen LogP contribution in [-0.4, -0.2) is 41.9 Å². The van der Waals surface area contributed by atoms with Gasteiger partial charge in [-0.05, 0) is 32.1 Å². The first-order valence-corrected chi connectivity index (χ1v) is 7.07. The zero-order valence-electron chi connectivity index (χ0n) is 11.3. The van der Waals surface area contributed by atoms with E-state index in [1.807, 2.05) is 0 Å². The van der Waals surface area contributed by atoms with E-state index in [1.165, 1.54) is 0 Å². The Kier molecular flexibility index (Phi) is 4.58. The van der Waals surface area contributed by atoms with E-state index in [1.54, 1.807) is 11.0 Å². The number of amides is 2. The van der Waals surface area contributed by atoms with E-state index in [0.29, 0.717) is 19.5 Å². The van der Waals surface area contributed by atoms with Gasteiger partial charge in [-0.3, -0.25) is 9.59 Å². The van der Waals surface area contributed by atoms with Gasteiger partial charge in [0.05, 0.1) is 6.04 Å². The van der Waals surface area contributed by atoms with Gasteiger partial charge in [-0.25, -0.2) is 0 Å². The van der Waals surface area contributed by atoms with Crippen LogP contribution in [0.4, 0.5) is 0 Å². The molecule has 1 atom stereocenters. The Labute approximate surface area is 114 Å². The summed E-state index contributed by atoms with van der Waals surface area (Å²) in [5, 5.41) is 3.07. The highest BCUT2D eigenvalue weighted by Crippen LogP contribution is 2.29. The summed E-state index contributed by atoms with van der Waals surface area (Å²) in [4.78, 5) is 25.5. The molecule has 0 aromatic heterocycles. The van der Waals surface area contributed by atoms with E-state index < -0.39 is 6.04 Å². The molecule has 1 saturated heterocycles. The second-order valence-corrected chi connectivity index (χ2v) is 5.51. The third kappa shape index (κ3) is 3.80. The maximum Gasteiger partial charge on any atom is 0.239 e. The first kappa shape index (κ1) is 14.1. The van der Waals surface area contributed by atoms with Crippen molar-refractivity contribution in [2.24, 2.45) is 11.7 Å². The summed E-state index contributed by atoms with van der Waals surface area (Å²) < 4.78 is 0. The highest BCUT2D eigenvalue weighted by Gasteiger charge is 2.32. The minimum absolute atomic E-state index is 0.00753. The van der Waals surface area contributed by atoms with Crippen molar-refractivity contribution >= 4 is 11.8 Å². The van der Waals surface area contributed by atoms with E-state index in [2.05, 4.69) is 11.9 Å². The van der Waals surface area contributed by atoms with E-state index in [0.717, 1.165) is 25.7 Å². The van der Waals surface area contributed by atoms with E-state index in [4.69, 9.17) is 5.73 Å². The number of nitrogens with one attached hydrogen (secondary N) is 1. The Morgan fingerprint density at radius 3 is 2.47 bits per heavy atom. The van der Waals surface area contributed by atoms with Crippen LogP contribution in [0.3, 0.4) is 0 Å². The molecule has 1 heterocycles. The molecule has 1 aliphatic heterocycles. The van der Waals surface area contributed by atoms with E-state index in [9.17, 15) is 9.59 Å². The van der Waals surface area contributed by atoms with Crippen molar-refractivity contribution in [1.29, 1.82) is 0 Å². The highest BCUT2D eigenvalue weighted by atomic mass is 16.2. The van der Waals surface area contributed by atoms with Gasteiger partial charge in [0.25, 0.3) is 0 Å². The van der Waals surface area contributed by atoms with Crippen LogP contribution in [0.15, 0.2) is 12.7 Å². The van der Waals surface area contributed by atoms with Crippen LogP contribution < -0.4 is 11.1 Å². The van der Waals surface area contributed by atoms with Crippen molar-refractivity contribution in [2.45, 2.75) is 44.2 Å². The summed E-state index contributed by atoms with van der Waals surface area (Å²) in [6, 6.07) is -0.261. The van der Waals surface area contributed by atoms with Gasteiger partial charge < -0.3 is 16.0 Å². The second-order valence-electron chi connectivity index (χ2n) is 5.51. The largest absolute Gasteiger partial charge is 0.353 e. The highest BCUT2D eigenvalue weighted by molar-refractivity contribution is 5.82. The molecule has 19 heavy (non-hydrogen) atoms. The lowest BCUT2D eigenvalue weighted by Crippen LogP contribution is -2.51. The lowest BCUT2D eigenvalue weighted by Gasteiger charge is -2.33. The third-order valence-electron chi connectivity index (χ3n) is 3.84. The minimum Gasteiger partial charge on any atom is -0.353 e. The monoisotopic (exact) mass is 265 g/mol. The van der Waals surface area contributed by atoms with Crippen LogP contribution in [0.25, 0.3) is 0 Å². The molecule has 2 fully saturated rings. The smallest absolute Gasteiger partial charge is 0.239 e. The summed E-state index contributed by atoms with van der Waals surface area (Å²) in [5.74, 6) is 0.431. The molecule has 5 nitrogen and oxygen atoms in total. The molecule has 0 bridgehead atoms. The molecule has 2 aliphatic rings. The van der Waals surface area contributed by atoms with E-state index in [-0.39, 0.29) is 23.8 Å². The van der Waals surface area contributed by atoms with Crippen LogP contribution in [-0.2, 0) is 9.59 Å². The van der Waals surface area contributed by atoms with Crippen molar-refractivity contribution in [1.82, 2.24) is 10.2 Å². The quantitative estimate of drug-likeness (QED) is 0.707. The fourth-order valence-electron chi connectivity index (χ4n) is 2.42. The molecular weight excluding hydrogens is 242 g/mol. The standard InChI is InChI=1S/C14H23N3O2/c1-2-3-12(15)14(19)17-8-6-11(7-9-17)16-13(18)10-4-5-10/h2,10-12H,1,3-9,15H2,(H,16,18). The van der Waals surface area contributed by atoms with Crippen LogP contribution in [0.2, 0.25) is 0 Å². The lowest BCUT2D eigenvalue weighted by atomic mass is 10.0. The van der Waals surface area contributed by atoms with Gasteiger partial charge in [0, 0.05) is 25.0 Å². The van der Waals surface area contributed by atoms with Gasteiger partial charge in [-0.1, -0.05) is 6.08 Å². The molecule has 0 spiro atoms. The maximum atomic E-state index is 12.0. The molecule has 106 valence electrons. The summed E-state index contributed by atoms with van der Waals surface area (Å²) in [6.45, 7) is 4.96.